The lowest BCUT2D eigenvalue weighted by molar-refractivity contribution is 0.0697. The minimum Gasteiger partial charge on any atom is -0.478 e. The van der Waals surface area contributed by atoms with E-state index in [1.807, 2.05) is 0 Å². The predicted octanol–water partition coefficient (Wildman–Crippen LogP) is 0.598. The van der Waals surface area contributed by atoms with Gasteiger partial charge in [0.2, 0.25) is 0 Å². The summed E-state index contributed by atoms with van der Waals surface area (Å²) in [7, 11) is 1.58. The second-order valence-corrected chi connectivity index (χ2v) is 4.75. The Hall–Kier alpha value is -2.12. The van der Waals surface area contributed by atoms with Crippen molar-refractivity contribution in [2.24, 2.45) is 0 Å². The Morgan fingerprint density at radius 2 is 2.05 bits per heavy atom. The first-order valence-corrected chi connectivity index (χ1v) is 6.57. The molecule has 7 heteroatoms. The summed E-state index contributed by atoms with van der Waals surface area (Å²) >= 11 is 0. The SMILES string of the molecule is CO[C@@H]1COC[C@@H]1NC(=O)NCc1ccc(C(=O)O)cc1. The molecule has 0 saturated carbocycles. The van der Waals surface area contributed by atoms with Gasteiger partial charge in [0.1, 0.15) is 6.10 Å². The topological polar surface area (TPSA) is 96.9 Å². The van der Waals surface area contributed by atoms with Crippen LogP contribution in [-0.4, -0.2) is 49.6 Å². The van der Waals surface area contributed by atoms with Gasteiger partial charge in [-0.3, -0.25) is 0 Å². The number of amides is 2. The number of benzene rings is 1. The smallest absolute Gasteiger partial charge is 0.335 e. The highest BCUT2D eigenvalue weighted by Crippen LogP contribution is 2.08. The van der Waals surface area contributed by atoms with Gasteiger partial charge in [-0.05, 0) is 17.7 Å². The standard InChI is InChI=1S/C14H18N2O5/c1-20-12-8-21-7-11(12)16-14(19)15-6-9-2-4-10(5-3-9)13(17)18/h2-5,11-12H,6-8H2,1H3,(H,17,18)(H2,15,16,19)/t11-,12+/m0/s1. The highest BCUT2D eigenvalue weighted by atomic mass is 16.5. The lowest BCUT2D eigenvalue weighted by atomic mass is 10.1. The van der Waals surface area contributed by atoms with Crippen LogP contribution in [0.2, 0.25) is 0 Å². The van der Waals surface area contributed by atoms with E-state index in [0.29, 0.717) is 19.8 Å². The first-order chi connectivity index (χ1) is 10.1. The van der Waals surface area contributed by atoms with Gasteiger partial charge in [0.05, 0.1) is 24.8 Å². The number of carbonyl (C=O) groups excluding carboxylic acids is 1. The van der Waals surface area contributed by atoms with E-state index < -0.39 is 5.97 Å². The van der Waals surface area contributed by atoms with Gasteiger partial charge in [0, 0.05) is 13.7 Å². The van der Waals surface area contributed by atoms with Crippen LogP contribution in [0.4, 0.5) is 4.79 Å². The second kappa shape index (κ2) is 7.05. The van der Waals surface area contributed by atoms with Gasteiger partial charge in [-0.15, -0.1) is 0 Å². The molecule has 2 amide bonds. The molecule has 0 spiro atoms. The van der Waals surface area contributed by atoms with Crippen LogP contribution in [0.5, 0.6) is 0 Å². The first-order valence-electron chi connectivity index (χ1n) is 6.57. The number of rotatable bonds is 5. The molecule has 0 bridgehead atoms. The maximum absolute atomic E-state index is 11.8. The zero-order chi connectivity index (χ0) is 15.2. The largest absolute Gasteiger partial charge is 0.478 e. The van der Waals surface area contributed by atoms with Gasteiger partial charge >= 0.3 is 12.0 Å². The number of hydrogen-bond acceptors (Lipinski definition) is 4. The van der Waals surface area contributed by atoms with E-state index in [0.717, 1.165) is 5.56 Å². The van der Waals surface area contributed by atoms with Gasteiger partial charge in [-0.1, -0.05) is 12.1 Å². The van der Waals surface area contributed by atoms with Crippen LogP contribution in [0.3, 0.4) is 0 Å². The normalized spacial score (nSPS) is 21.0. The molecule has 114 valence electrons. The maximum atomic E-state index is 11.8. The Morgan fingerprint density at radius 3 is 2.67 bits per heavy atom. The Kier molecular flexibility index (Phi) is 5.13. The number of methoxy groups -OCH3 is 1. The molecular formula is C14H18N2O5. The van der Waals surface area contributed by atoms with E-state index in [1.54, 1.807) is 19.2 Å². The predicted molar refractivity (Wildman–Crippen MR) is 74.2 cm³/mol. The van der Waals surface area contributed by atoms with Gasteiger partial charge in [0.25, 0.3) is 0 Å². The number of ether oxygens (including phenoxy) is 2. The molecular weight excluding hydrogens is 276 g/mol. The minimum atomic E-state index is -0.973. The fourth-order valence-corrected chi connectivity index (χ4v) is 2.07. The Labute approximate surface area is 122 Å². The van der Waals surface area contributed by atoms with Crippen molar-refractivity contribution in [1.82, 2.24) is 10.6 Å². The third kappa shape index (κ3) is 4.17. The van der Waals surface area contributed by atoms with E-state index in [1.165, 1.54) is 12.1 Å². The quantitative estimate of drug-likeness (QED) is 0.739. The number of carboxylic acids is 1. The average Bonchev–Trinajstić information content (AvgIpc) is 2.92. The zero-order valence-electron chi connectivity index (χ0n) is 11.7. The number of aromatic carboxylic acids is 1. The summed E-state index contributed by atoms with van der Waals surface area (Å²) in [5.41, 5.74) is 1.04. The average molecular weight is 294 g/mol. The summed E-state index contributed by atoms with van der Waals surface area (Å²) in [5, 5.41) is 14.3. The summed E-state index contributed by atoms with van der Waals surface area (Å²) in [4.78, 5) is 22.5. The first kappa shape index (κ1) is 15.3. The van der Waals surface area contributed by atoms with Gasteiger partial charge in [0.15, 0.2) is 0 Å². The molecule has 0 aliphatic carbocycles. The van der Waals surface area contributed by atoms with Crippen LogP contribution in [-0.2, 0) is 16.0 Å². The number of carbonyl (C=O) groups is 2. The third-order valence-corrected chi connectivity index (χ3v) is 3.30. The fraction of sp³-hybridized carbons (Fsp3) is 0.429. The highest BCUT2D eigenvalue weighted by Gasteiger charge is 2.29. The highest BCUT2D eigenvalue weighted by molar-refractivity contribution is 5.87. The van der Waals surface area contributed by atoms with Crippen LogP contribution in [0.15, 0.2) is 24.3 Å². The molecule has 1 aliphatic heterocycles. The molecule has 1 fully saturated rings. The van der Waals surface area contributed by atoms with Crippen LogP contribution >= 0.6 is 0 Å². The molecule has 1 heterocycles. The molecule has 3 N–H and O–H groups in total. The van der Waals surface area contributed by atoms with Gasteiger partial charge in [-0.25, -0.2) is 9.59 Å². The van der Waals surface area contributed by atoms with Crippen LogP contribution in [0, 0.1) is 0 Å². The van der Waals surface area contributed by atoms with Crippen molar-refractivity contribution >= 4 is 12.0 Å². The number of carboxylic acid groups (broad SMARTS) is 1. The van der Waals surface area contributed by atoms with Crippen LogP contribution in [0.25, 0.3) is 0 Å². The van der Waals surface area contributed by atoms with Crippen molar-refractivity contribution < 1.29 is 24.2 Å². The number of hydrogen-bond donors (Lipinski definition) is 3. The Morgan fingerprint density at radius 1 is 1.33 bits per heavy atom. The van der Waals surface area contributed by atoms with E-state index in [9.17, 15) is 9.59 Å². The number of nitrogens with one attached hydrogen (secondary N) is 2. The molecule has 7 nitrogen and oxygen atoms in total. The van der Waals surface area contributed by atoms with Crippen LogP contribution < -0.4 is 10.6 Å². The zero-order valence-corrected chi connectivity index (χ0v) is 11.7. The summed E-state index contributed by atoms with van der Waals surface area (Å²) in [5.74, 6) is -0.973. The van der Waals surface area contributed by atoms with E-state index in [-0.39, 0.29) is 23.7 Å². The third-order valence-electron chi connectivity index (χ3n) is 3.30. The van der Waals surface area contributed by atoms with Crippen LogP contribution in [0.1, 0.15) is 15.9 Å². The summed E-state index contributed by atoms with van der Waals surface area (Å²) < 4.78 is 10.4. The lowest BCUT2D eigenvalue weighted by Crippen LogP contribution is -2.47. The Bertz CT molecular complexity index is 503. The van der Waals surface area contributed by atoms with E-state index in [4.69, 9.17) is 14.6 Å². The monoisotopic (exact) mass is 294 g/mol. The molecule has 1 aromatic carbocycles. The molecule has 1 aliphatic rings. The molecule has 2 atom stereocenters. The van der Waals surface area contributed by atoms with Crippen molar-refractivity contribution in [3.05, 3.63) is 35.4 Å². The van der Waals surface area contributed by atoms with Crippen molar-refractivity contribution in [2.45, 2.75) is 18.7 Å². The number of urea groups is 1. The lowest BCUT2D eigenvalue weighted by Gasteiger charge is -2.18. The Balaban J connectivity index is 1.79. The second-order valence-electron chi connectivity index (χ2n) is 4.75. The molecule has 0 radical (unpaired) electrons. The molecule has 0 aromatic heterocycles. The molecule has 1 saturated heterocycles. The minimum absolute atomic E-state index is 0.134. The molecule has 1 aromatic rings. The summed E-state index contributed by atoms with van der Waals surface area (Å²) in [6, 6.07) is 5.87. The molecule has 2 rings (SSSR count). The van der Waals surface area contributed by atoms with Crippen molar-refractivity contribution in [2.75, 3.05) is 20.3 Å². The van der Waals surface area contributed by atoms with Crippen molar-refractivity contribution in [3.8, 4) is 0 Å². The van der Waals surface area contributed by atoms with Crippen molar-refractivity contribution in [1.29, 1.82) is 0 Å². The van der Waals surface area contributed by atoms with E-state index in [2.05, 4.69) is 10.6 Å². The molecule has 21 heavy (non-hydrogen) atoms. The van der Waals surface area contributed by atoms with Gasteiger partial charge < -0.3 is 25.2 Å². The van der Waals surface area contributed by atoms with Crippen molar-refractivity contribution in [3.63, 3.8) is 0 Å². The molecule has 0 unspecified atom stereocenters. The maximum Gasteiger partial charge on any atom is 0.335 e. The van der Waals surface area contributed by atoms with Gasteiger partial charge in [-0.2, -0.15) is 0 Å². The van der Waals surface area contributed by atoms with E-state index >= 15 is 0 Å². The summed E-state index contributed by atoms with van der Waals surface area (Å²) in [6.45, 7) is 1.22. The fourth-order valence-electron chi connectivity index (χ4n) is 2.07. The summed E-state index contributed by atoms with van der Waals surface area (Å²) in [6.07, 6.45) is -0.134.